The summed E-state index contributed by atoms with van der Waals surface area (Å²) >= 11 is 0. The van der Waals surface area contributed by atoms with E-state index in [0.29, 0.717) is 36.1 Å². The summed E-state index contributed by atoms with van der Waals surface area (Å²) in [6.07, 6.45) is 3.58. The number of amides is 1. The Bertz CT molecular complexity index is 620. The van der Waals surface area contributed by atoms with E-state index < -0.39 is 5.60 Å². The second-order valence-corrected chi connectivity index (χ2v) is 6.34. The number of hydrogen-bond acceptors (Lipinski definition) is 4. The molecular formula is C19H26N2O3. The molecule has 1 N–H and O–H groups in total. The topological polar surface area (TPSA) is 71.3 Å². The molecule has 1 amide bonds. The van der Waals surface area contributed by atoms with Crippen molar-refractivity contribution in [1.82, 2.24) is 0 Å². The Kier molecular flexibility index (Phi) is 6.22. The maximum atomic E-state index is 12.9. The van der Waals surface area contributed by atoms with Crippen molar-refractivity contribution >= 4 is 11.6 Å². The molecule has 1 aliphatic rings. The maximum Gasteiger partial charge on any atom is 0.256 e. The van der Waals surface area contributed by atoms with Crippen LogP contribution in [0.5, 0.6) is 5.75 Å². The van der Waals surface area contributed by atoms with Crippen molar-refractivity contribution in [2.75, 3.05) is 18.5 Å². The van der Waals surface area contributed by atoms with E-state index in [1.165, 1.54) is 0 Å². The van der Waals surface area contributed by atoms with Crippen LogP contribution in [0.4, 0.5) is 5.69 Å². The summed E-state index contributed by atoms with van der Waals surface area (Å²) < 4.78 is 11.3. The third-order valence-electron chi connectivity index (χ3n) is 4.45. The molecule has 0 aromatic heterocycles. The standard InChI is InChI=1S/C19H26N2O3/c1-4-23-17-9-8-16(11-15(17)13-20)21-18(22)19(24-5-2)10-6-7-14(3)12-19/h8-9,11,14H,4-7,10,12H2,1-3H3,(H,21,22)/t14-,19-/m0/s1. The van der Waals surface area contributed by atoms with E-state index in [4.69, 9.17) is 9.47 Å². The molecule has 0 aliphatic heterocycles. The van der Waals surface area contributed by atoms with Crippen molar-refractivity contribution < 1.29 is 14.3 Å². The minimum Gasteiger partial charge on any atom is -0.492 e. The number of hydrogen-bond donors (Lipinski definition) is 1. The van der Waals surface area contributed by atoms with Crippen LogP contribution in [-0.4, -0.2) is 24.7 Å². The van der Waals surface area contributed by atoms with Crippen LogP contribution < -0.4 is 10.1 Å². The summed E-state index contributed by atoms with van der Waals surface area (Å²) in [6, 6.07) is 7.23. The lowest BCUT2D eigenvalue weighted by molar-refractivity contribution is -0.147. The molecule has 1 aromatic rings. The Morgan fingerprint density at radius 1 is 1.42 bits per heavy atom. The summed E-state index contributed by atoms with van der Waals surface area (Å²) in [5, 5.41) is 12.2. The zero-order valence-electron chi connectivity index (χ0n) is 14.7. The average molecular weight is 330 g/mol. The molecule has 0 saturated heterocycles. The van der Waals surface area contributed by atoms with Gasteiger partial charge in [0.1, 0.15) is 17.4 Å². The lowest BCUT2D eigenvalue weighted by atomic mass is 9.78. The first-order valence-electron chi connectivity index (χ1n) is 8.67. The second-order valence-electron chi connectivity index (χ2n) is 6.34. The van der Waals surface area contributed by atoms with Crippen molar-refractivity contribution in [2.24, 2.45) is 5.92 Å². The van der Waals surface area contributed by atoms with E-state index in [0.717, 1.165) is 25.7 Å². The molecule has 2 rings (SSSR count). The minimum absolute atomic E-state index is 0.121. The normalized spacial score (nSPS) is 23.3. The molecule has 0 radical (unpaired) electrons. The van der Waals surface area contributed by atoms with Gasteiger partial charge in [-0.05, 0) is 57.2 Å². The highest BCUT2D eigenvalue weighted by Gasteiger charge is 2.42. The molecule has 1 fully saturated rings. The van der Waals surface area contributed by atoms with E-state index >= 15 is 0 Å². The molecule has 1 aliphatic carbocycles. The Labute approximate surface area is 144 Å². The average Bonchev–Trinajstić information content (AvgIpc) is 2.56. The van der Waals surface area contributed by atoms with Crippen LogP contribution in [0.2, 0.25) is 0 Å². The largest absolute Gasteiger partial charge is 0.492 e. The Morgan fingerprint density at radius 2 is 2.21 bits per heavy atom. The molecule has 5 nitrogen and oxygen atoms in total. The molecule has 0 bridgehead atoms. The summed E-state index contributed by atoms with van der Waals surface area (Å²) in [4.78, 5) is 12.9. The fourth-order valence-electron chi connectivity index (χ4n) is 3.40. The van der Waals surface area contributed by atoms with Crippen molar-refractivity contribution in [2.45, 2.75) is 52.1 Å². The van der Waals surface area contributed by atoms with Gasteiger partial charge in [0.25, 0.3) is 5.91 Å². The van der Waals surface area contributed by atoms with Gasteiger partial charge in [0.2, 0.25) is 0 Å². The Hall–Kier alpha value is -2.06. The zero-order chi connectivity index (χ0) is 17.6. The predicted molar refractivity (Wildman–Crippen MR) is 92.9 cm³/mol. The molecule has 1 saturated carbocycles. The highest BCUT2D eigenvalue weighted by molar-refractivity contribution is 5.97. The fourth-order valence-corrected chi connectivity index (χ4v) is 3.40. The summed E-state index contributed by atoms with van der Waals surface area (Å²) in [5.41, 5.74) is 0.243. The first-order valence-corrected chi connectivity index (χ1v) is 8.67. The number of anilines is 1. The number of nitrogens with zero attached hydrogens (tertiary/aromatic N) is 1. The van der Waals surface area contributed by atoms with E-state index in [1.807, 2.05) is 13.8 Å². The quantitative estimate of drug-likeness (QED) is 0.859. The number of nitrogens with one attached hydrogen (secondary N) is 1. The molecule has 0 spiro atoms. The van der Waals surface area contributed by atoms with E-state index in [1.54, 1.807) is 18.2 Å². The molecule has 1 aromatic carbocycles. The molecule has 130 valence electrons. The van der Waals surface area contributed by atoms with Crippen LogP contribution >= 0.6 is 0 Å². The highest BCUT2D eigenvalue weighted by atomic mass is 16.5. The van der Waals surface area contributed by atoms with Gasteiger partial charge >= 0.3 is 0 Å². The lowest BCUT2D eigenvalue weighted by Crippen LogP contribution is -2.48. The SMILES string of the molecule is CCOc1ccc(NC(=O)[C@]2(OCC)CCC[C@H](C)C2)cc1C#N. The van der Waals surface area contributed by atoms with Gasteiger partial charge in [0, 0.05) is 12.3 Å². The van der Waals surface area contributed by atoms with E-state index in [9.17, 15) is 10.1 Å². The monoisotopic (exact) mass is 330 g/mol. The molecular weight excluding hydrogens is 304 g/mol. The van der Waals surface area contributed by atoms with Gasteiger partial charge < -0.3 is 14.8 Å². The minimum atomic E-state index is -0.766. The lowest BCUT2D eigenvalue weighted by Gasteiger charge is -2.38. The van der Waals surface area contributed by atoms with Gasteiger partial charge in [-0.3, -0.25) is 4.79 Å². The first kappa shape index (κ1) is 18.3. The number of rotatable bonds is 6. The second kappa shape index (κ2) is 8.16. The maximum absolute atomic E-state index is 12.9. The van der Waals surface area contributed by atoms with Crippen LogP contribution in [-0.2, 0) is 9.53 Å². The Morgan fingerprint density at radius 3 is 2.83 bits per heavy atom. The van der Waals surface area contributed by atoms with Crippen LogP contribution in [0, 0.1) is 17.2 Å². The Balaban J connectivity index is 2.19. The molecule has 24 heavy (non-hydrogen) atoms. The van der Waals surface area contributed by atoms with Gasteiger partial charge in [-0.15, -0.1) is 0 Å². The first-order chi connectivity index (χ1) is 11.5. The van der Waals surface area contributed by atoms with E-state index in [2.05, 4.69) is 18.3 Å². The van der Waals surface area contributed by atoms with Crippen molar-refractivity contribution in [3.8, 4) is 11.8 Å². The van der Waals surface area contributed by atoms with Gasteiger partial charge in [-0.2, -0.15) is 5.26 Å². The molecule has 0 heterocycles. The van der Waals surface area contributed by atoms with Crippen molar-refractivity contribution in [1.29, 1.82) is 5.26 Å². The number of carbonyl (C=O) groups excluding carboxylic acids is 1. The summed E-state index contributed by atoms with van der Waals surface area (Å²) in [7, 11) is 0. The number of benzene rings is 1. The van der Waals surface area contributed by atoms with Gasteiger partial charge in [0.05, 0.1) is 12.2 Å². The molecule has 2 atom stereocenters. The van der Waals surface area contributed by atoms with Gasteiger partial charge in [-0.25, -0.2) is 0 Å². The highest BCUT2D eigenvalue weighted by Crippen LogP contribution is 2.36. The number of carbonyl (C=O) groups is 1. The third kappa shape index (κ3) is 4.07. The summed E-state index contributed by atoms with van der Waals surface area (Å²) in [6.45, 7) is 6.94. The zero-order valence-corrected chi connectivity index (χ0v) is 14.7. The number of nitriles is 1. The molecule has 0 unspecified atom stereocenters. The van der Waals surface area contributed by atoms with Crippen molar-refractivity contribution in [3.63, 3.8) is 0 Å². The van der Waals surface area contributed by atoms with Crippen molar-refractivity contribution in [3.05, 3.63) is 23.8 Å². The van der Waals surface area contributed by atoms with Crippen LogP contribution in [0.1, 0.15) is 52.0 Å². The predicted octanol–water partition coefficient (Wildman–Crippen LogP) is 3.88. The van der Waals surface area contributed by atoms with Gasteiger partial charge in [-0.1, -0.05) is 13.3 Å². The van der Waals surface area contributed by atoms with Crippen LogP contribution in [0.25, 0.3) is 0 Å². The van der Waals surface area contributed by atoms with Crippen LogP contribution in [0.15, 0.2) is 18.2 Å². The van der Waals surface area contributed by atoms with E-state index in [-0.39, 0.29) is 5.91 Å². The smallest absolute Gasteiger partial charge is 0.256 e. The van der Waals surface area contributed by atoms with Gasteiger partial charge in [0.15, 0.2) is 0 Å². The third-order valence-corrected chi connectivity index (χ3v) is 4.45. The number of ether oxygens (including phenoxy) is 2. The molecule has 5 heteroatoms. The summed E-state index contributed by atoms with van der Waals surface area (Å²) in [5.74, 6) is 0.874. The van der Waals surface area contributed by atoms with Crippen LogP contribution in [0.3, 0.4) is 0 Å². The fraction of sp³-hybridized carbons (Fsp3) is 0.579.